The van der Waals surface area contributed by atoms with Gasteiger partial charge in [-0.3, -0.25) is 4.68 Å². The topological polar surface area (TPSA) is 51.8 Å². The molecule has 28 heavy (non-hydrogen) atoms. The van der Waals surface area contributed by atoms with Crippen molar-refractivity contribution in [1.29, 1.82) is 0 Å². The Labute approximate surface area is 167 Å². The largest absolute Gasteiger partial charge is 0.306 e. The van der Waals surface area contributed by atoms with Gasteiger partial charge in [-0.2, -0.15) is 10.2 Å². The van der Waals surface area contributed by atoms with Crippen LogP contribution in [0.25, 0.3) is 0 Å². The van der Waals surface area contributed by atoms with Crippen molar-refractivity contribution >= 4 is 0 Å². The van der Waals surface area contributed by atoms with E-state index in [0.717, 1.165) is 37.6 Å². The molecule has 0 unspecified atom stereocenters. The molecule has 3 heterocycles. The average molecular weight is 379 g/mol. The quantitative estimate of drug-likeness (QED) is 0.634. The molecular weight excluding hydrogens is 348 g/mol. The van der Waals surface area contributed by atoms with Crippen molar-refractivity contribution < 1.29 is 0 Å². The van der Waals surface area contributed by atoms with Crippen LogP contribution in [-0.4, -0.2) is 49.6 Å². The number of aromatic nitrogens is 5. The fourth-order valence-electron chi connectivity index (χ4n) is 3.94. The summed E-state index contributed by atoms with van der Waals surface area (Å²) >= 11 is 0. The van der Waals surface area contributed by atoms with Crippen molar-refractivity contribution in [1.82, 2.24) is 29.4 Å². The van der Waals surface area contributed by atoms with Crippen molar-refractivity contribution in [2.24, 2.45) is 5.92 Å². The summed E-state index contributed by atoms with van der Waals surface area (Å²) < 4.78 is 4.14. The molecular formula is C22H30N6. The summed E-state index contributed by atoms with van der Waals surface area (Å²) in [4.78, 5) is 7.36. The highest BCUT2D eigenvalue weighted by atomic mass is 15.4. The Hall–Kier alpha value is -2.47. The van der Waals surface area contributed by atoms with Gasteiger partial charge in [-0.05, 0) is 57.5 Å². The average Bonchev–Trinajstić information content (AvgIpc) is 3.28. The molecule has 2 aromatic heterocycles. The molecule has 0 saturated carbocycles. The molecule has 1 aromatic carbocycles. The van der Waals surface area contributed by atoms with Crippen LogP contribution < -0.4 is 0 Å². The number of hydrogen-bond donors (Lipinski definition) is 0. The summed E-state index contributed by atoms with van der Waals surface area (Å²) in [6.07, 6.45) is 6.17. The van der Waals surface area contributed by atoms with Crippen LogP contribution in [0, 0.1) is 12.8 Å². The van der Waals surface area contributed by atoms with Gasteiger partial charge in [0.05, 0.1) is 6.54 Å². The lowest BCUT2D eigenvalue weighted by atomic mass is 9.94. The molecule has 0 N–H and O–H groups in total. The van der Waals surface area contributed by atoms with E-state index in [4.69, 9.17) is 10.1 Å². The number of hydrogen-bond acceptors (Lipinski definition) is 4. The number of nitrogens with zero attached hydrogens (tertiary/aromatic N) is 6. The smallest absolute Gasteiger partial charge is 0.151 e. The third kappa shape index (κ3) is 4.68. The minimum absolute atomic E-state index is 0.699. The molecule has 4 rings (SSSR count). The molecule has 0 amide bonds. The lowest BCUT2D eigenvalue weighted by Gasteiger charge is -2.28. The van der Waals surface area contributed by atoms with Gasteiger partial charge in [0, 0.05) is 31.3 Å². The van der Waals surface area contributed by atoms with E-state index in [-0.39, 0.29) is 0 Å². The highest BCUT2D eigenvalue weighted by molar-refractivity contribution is 5.15. The molecule has 0 radical (unpaired) electrons. The second-order valence-electron chi connectivity index (χ2n) is 7.98. The normalized spacial score (nSPS) is 15.9. The first-order chi connectivity index (χ1) is 13.7. The Morgan fingerprint density at radius 1 is 1.04 bits per heavy atom. The van der Waals surface area contributed by atoms with Gasteiger partial charge in [0.2, 0.25) is 0 Å². The van der Waals surface area contributed by atoms with Crippen LogP contribution in [0.4, 0.5) is 0 Å². The summed E-state index contributed by atoms with van der Waals surface area (Å²) in [5.74, 6) is 2.75. The van der Waals surface area contributed by atoms with Crippen LogP contribution >= 0.6 is 0 Å². The predicted molar refractivity (Wildman–Crippen MR) is 110 cm³/mol. The Balaban J connectivity index is 1.50. The zero-order valence-corrected chi connectivity index (χ0v) is 17.0. The second kappa shape index (κ2) is 8.69. The first-order valence-corrected chi connectivity index (χ1v) is 10.3. The number of benzene rings is 1. The van der Waals surface area contributed by atoms with Gasteiger partial charge in [0.25, 0.3) is 0 Å². The van der Waals surface area contributed by atoms with Crippen molar-refractivity contribution in [2.75, 3.05) is 20.1 Å². The second-order valence-corrected chi connectivity index (χ2v) is 7.98. The summed E-state index contributed by atoms with van der Waals surface area (Å²) in [5.41, 5.74) is 2.44. The Kier molecular flexibility index (Phi) is 5.86. The highest BCUT2D eigenvalue weighted by Gasteiger charge is 2.20. The summed E-state index contributed by atoms with van der Waals surface area (Å²) in [6.45, 7) is 6.06. The van der Waals surface area contributed by atoms with Crippen LogP contribution in [-0.2, 0) is 25.9 Å². The van der Waals surface area contributed by atoms with E-state index in [2.05, 4.69) is 59.0 Å². The molecule has 0 bridgehead atoms. The Bertz CT molecular complexity index is 874. The molecule has 1 aliphatic rings. The minimum Gasteiger partial charge on any atom is -0.306 e. The molecule has 148 valence electrons. The molecule has 6 nitrogen and oxygen atoms in total. The maximum Gasteiger partial charge on any atom is 0.151 e. The number of rotatable bonds is 7. The van der Waals surface area contributed by atoms with E-state index >= 15 is 0 Å². The number of likely N-dealkylation sites (tertiary alicyclic amines) is 1. The molecule has 6 heteroatoms. The van der Waals surface area contributed by atoms with Crippen LogP contribution in [0.1, 0.15) is 35.7 Å². The first-order valence-electron chi connectivity index (χ1n) is 10.3. The Morgan fingerprint density at radius 3 is 2.54 bits per heavy atom. The lowest BCUT2D eigenvalue weighted by molar-refractivity contribution is 0.217. The van der Waals surface area contributed by atoms with E-state index in [9.17, 15) is 0 Å². The maximum absolute atomic E-state index is 4.95. The third-order valence-electron chi connectivity index (χ3n) is 5.75. The fourth-order valence-corrected chi connectivity index (χ4v) is 3.94. The summed E-state index contributed by atoms with van der Waals surface area (Å²) in [6, 6.07) is 12.6. The molecule has 1 saturated heterocycles. The highest BCUT2D eigenvalue weighted by Crippen LogP contribution is 2.20. The summed E-state index contributed by atoms with van der Waals surface area (Å²) in [5, 5.41) is 9.31. The van der Waals surface area contributed by atoms with Gasteiger partial charge in [0.1, 0.15) is 5.82 Å². The molecule has 0 spiro atoms. The Morgan fingerprint density at radius 2 is 1.82 bits per heavy atom. The molecule has 3 aromatic rings. The first kappa shape index (κ1) is 18.9. The van der Waals surface area contributed by atoms with Crippen molar-refractivity contribution in [3.8, 4) is 0 Å². The maximum atomic E-state index is 4.95. The third-order valence-corrected chi connectivity index (χ3v) is 5.75. The zero-order valence-electron chi connectivity index (χ0n) is 17.0. The summed E-state index contributed by atoms with van der Waals surface area (Å²) in [7, 11) is 2.21. The van der Waals surface area contributed by atoms with Gasteiger partial charge in [-0.15, -0.1) is 0 Å². The van der Waals surface area contributed by atoms with Crippen molar-refractivity contribution in [2.45, 2.75) is 45.7 Å². The van der Waals surface area contributed by atoms with Crippen LogP contribution in [0.5, 0.6) is 0 Å². The predicted octanol–water partition coefficient (Wildman–Crippen LogP) is 2.96. The molecule has 1 fully saturated rings. The number of piperidine rings is 1. The lowest BCUT2D eigenvalue weighted by Crippen LogP contribution is -2.31. The van der Waals surface area contributed by atoms with Crippen LogP contribution in [0.2, 0.25) is 0 Å². The van der Waals surface area contributed by atoms with Crippen molar-refractivity contribution in [3.05, 3.63) is 65.5 Å². The molecule has 0 atom stereocenters. The van der Waals surface area contributed by atoms with E-state index in [1.807, 2.05) is 16.9 Å². The van der Waals surface area contributed by atoms with Gasteiger partial charge in [-0.1, -0.05) is 30.3 Å². The van der Waals surface area contributed by atoms with Gasteiger partial charge >= 0.3 is 0 Å². The molecule has 1 aliphatic heterocycles. The van der Waals surface area contributed by atoms with Gasteiger partial charge in [-0.25, -0.2) is 9.67 Å². The minimum atomic E-state index is 0.699. The SMILES string of the molecule is Cc1ccnn1CCc1nc(CC2CCN(C)CC2)nn1Cc1ccccc1. The van der Waals surface area contributed by atoms with Crippen LogP contribution in [0.15, 0.2) is 42.6 Å². The zero-order chi connectivity index (χ0) is 19.3. The van der Waals surface area contributed by atoms with Gasteiger partial charge < -0.3 is 4.90 Å². The van der Waals surface area contributed by atoms with Gasteiger partial charge in [0.15, 0.2) is 5.82 Å². The van der Waals surface area contributed by atoms with Crippen molar-refractivity contribution in [3.63, 3.8) is 0 Å². The van der Waals surface area contributed by atoms with E-state index in [1.54, 1.807) is 0 Å². The molecule has 0 aliphatic carbocycles. The van der Waals surface area contributed by atoms with Crippen LogP contribution in [0.3, 0.4) is 0 Å². The van der Waals surface area contributed by atoms with E-state index in [1.165, 1.54) is 37.2 Å². The van der Waals surface area contributed by atoms with E-state index < -0.39 is 0 Å². The monoisotopic (exact) mass is 378 g/mol. The fraction of sp³-hybridized carbons (Fsp3) is 0.500. The standard InChI is InChI=1S/C22H30N6/c1-18-8-12-23-27(18)15-11-22-24-21(16-19-9-13-26(2)14-10-19)25-28(22)17-20-6-4-3-5-7-20/h3-8,12,19H,9-11,13-17H2,1-2H3. The number of aryl methyl sites for hydroxylation is 3. The van der Waals surface area contributed by atoms with E-state index in [0.29, 0.717) is 5.92 Å².